The monoisotopic (exact) mass is 533 g/mol. The fraction of sp³-hybridized carbons (Fsp3) is 0.394. The molecule has 0 saturated carbocycles. The fourth-order valence-corrected chi connectivity index (χ4v) is 5.04. The zero-order valence-corrected chi connectivity index (χ0v) is 24.5. The number of hydrogen-bond acceptors (Lipinski definition) is 4. The number of hydrogen-bond donors (Lipinski definition) is 0. The van der Waals surface area contributed by atoms with Crippen LogP contribution in [-0.2, 0) is 0 Å². The lowest BCUT2D eigenvalue weighted by Crippen LogP contribution is -2.24. The second kappa shape index (κ2) is 14.6. The second-order valence-electron chi connectivity index (χ2n) is 10.3. The molecule has 0 radical (unpaired) electrons. The topological polar surface area (TPSA) is 39.9 Å². The van der Waals surface area contributed by atoms with Crippen LogP contribution in [0.5, 0.6) is 0 Å². The molecular formula is C33H44FN3S. The largest absolute Gasteiger partial charge is 0.345 e. The van der Waals surface area contributed by atoms with Gasteiger partial charge in [0.05, 0.1) is 33.4 Å². The molecule has 0 bridgehead atoms. The third-order valence-corrected chi connectivity index (χ3v) is 7.20. The van der Waals surface area contributed by atoms with Gasteiger partial charge in [-0.2, -0.15) is 5.26 Å². The van der Waals surface area contributed by atoms with E-state index in [1.807, 2.05) is 42.8 Å². The molecule has 1 aliphatic rings. The molecule has 0 fully saturated rings. The number of rotatable bonds is 3. The molecule has 0 saturated heterocycles. The van der Waals surface area contributed by atoms with Crippen LogP contribution >= 0.6 is 11.3 Å². The molecule has 0 spiro atoms. The Morgan fingerprint density at radius 1 is 0.921 bits per heavy atom. The van der Waals surface area contributed by atoms with Gasteiger partial charge in [0.1, 0.15) is 5.82 Å². The molecule has 2 heterocycles. The lowest BCUT2D eigenvalue weighted by Gasteiger charge is -2.28. The molecule has 4 rings (SSSR count). The number of nitrogens with zero attached hydrogens (tertiary/aromatic N) is 3. The smallest absolute Gasteiger partial charge is 0.126 e. The van der Waals surface area contributed by atoms with Gasteiger partial charge in [-0.3, -0.25) is 0 Å². The van der Waals surface area contributed by atoms with Crippen LogP contribution in [0.1, 0.15) is 105 Å². The average Bonchev–Trinajstić information content (AvgIpc) is 3.31. The molecule has 1 aromatic heterocycles. The van der Waals surface area contributed by atoms with Gasteiger partial charge in [0.15, 0.2) is 0 Å². The van der Waals surface area contributed by atoms with Crippen LogP contribution < -0.4 is 0 Å². The summed E-state index contributed by atoms with van der Waals surface area (Å²) < 4.78 is 13.1. The van der Waals surface area contributed by atoms with Crippen LogP contribution in [0.15, 0.2) is 48.6 Å². The van der Waals surface area contributed by atoms with E-state index in [1.165, 1.54) is 21.6 Å². The summed E-state index contributed by atoms with van der Waals surface area (Å²) in [6.07, 6.45) is 4.09. The van der Waals surface area contributed by atoms with E-state index >= 15 is 0 Å². The average molecular weight is 534 g/mol. The first-order valence-electron chi connectivity index (χ1n) is 12.7. The first-order chi connectivity index (χ1) is 17.4. The Morgan fingerprint density at radius 2 is 1.53 bits per heavy atom. The zero-order valence-electron chi connectivity index (χ0n) is 23.7. The molecule has 38 heavy (non-hydrogen) atoms. The third-order valence-electron chi connectivity index (χ3n) is 6.31. The molecule has 0 N–H and O–H groups in total. The fourth-order valence-electron chi connectivity index (χ4n) is 4.29. The van der Waals surface area contributed by atoms with Crippen LogP contribution in [0.4, 0.5) is 4.39 Å². The van der Waals surface area contributed by atoms with Crippen molar-refractivity contribution in [2.45, 2.75) is 87.6 Å². The van der Waals surface area contributed by atoms with Crippen molar-refractivity contribution in [3.8, 4) is 6.07 Å². The van der Waals surface area contributed by atoms with Gasteiger partial charge in [0, 0.05) is 12.2 Å². The van der Waals surface area contributed by atoms with Crippen molar-refractivity contribution in [2.24, 2.45) is 0 Å². The number of aromatic nitrogens is 1. The van der Waals surface area contributed by atoms with Crippen molar-refractivity contribution in [3.63, 3.8) is 0 Å². The van der Waals surface area contributed by atoms with Crippen LogP contribution in [0.2, 0.25) is 0 Å². The maximum absolute atomic E-state index is 13.1. The molecule has 5 heteroatoms. The molecule has 3 nitrogen and oxygen atoms in total. The molecule has 3 aromatic rings. The number of thiazole rings is 1. The lowest BCUT2D eigenvalue weighted by atomic mass is 9.96. The summed E-state index contributed by atoms with van der Waals surface area (Å²) in [5.41, 5.74) is 10.3. The highest BCUT2D eigenvalue weighted by atomic mass is 32.1. The number of nitriles is 1. The quantitative estimate of drug-likeness (QED) is 0.336. The Labute approximate surface area is 234 Å². The van der Waals surface area contributed by atoms with Crippen LogP contribution in [0, 0.1) is 37.9 Å². The first-order valence-corrected chi connectivity index (χ1v) is 13.6. The van der Waals surface area contributed by atoms with Gasteiger partial charge >= 0.3 is 0 Å². The van der Waals surface area contributed by atoms with E-state index in [2.05, 4.69) is 77.2 Å². The summed E-state index contributed by atoms with van der Waals surface area (Å²) in [6, 6.07) is 12.0. The normalized spacial score (nSPS) is 11.8. The molecule has 0 aliphatic carbocycles. The predicted molar refractivity (Wildman–Crippen MR) is 164 cm³/mol. The van der Waals surface area contributed by atoms with E-state index in [9.17, 15) is 4.39 Å². The minimum absolute atomic E-state index is 0. The summed E-state index contributed by atoms with van der Waals surface area (Å²) in [5.74, 6) is 0.849. The molecule has 2 aromatic carbocycles. The molecule has 0 unspecified atom stereocenters. The lowest BCUT2D eigenvalue weighted by molar-refractivity contribution is 0.439. The summed E-state index contributed by atoms with van der Waals surface area (Å²) in [5, 5.41) is 8.64. The highest BCUT2D eigenvalue weighted by Crippen LogP contribution is 2.31. The van der Waals surface area contributed by atoms with Crippen molar-refractivity contribution >= 4 is 23.1 Å². The van der Waals surface area contributed by atoms with E-state index in [-0.39, 0.29) is 13.2 Å². The molecule has 204 valence electrons. The highest BCUT2D eigenvalue weighted by molar-refractivity contribution is 7.11. The molecular weight excluding hydrogens is 489 g/mol. The van der Waals surface area contributed by atoms with Crippen molar-refractivity contribution in [3.05, 3.63) is 98.4 Å². The SMILES string of the molecule is C.C=C1c2scnc2C=CN1C(C)C.Cc1cc(C#N)ccc1C(C)C.Cc1cc(C)c(C(C)C)cc1F. The van der Waals surface area contributed by atoms with Gasteiger partial charge in [0.2, 0.25) is 0 Å². The van der Waals surface area contributed by atoms with Gasteiger partial charge < -0.3 is 4.90 Å². The van der Waals surface area contributed by atoms with Crippen molar-refractivity contribution in [1.82, 2.24) is 9.88 Å². The minimum Gasteiger partial charge on any atom is -0.345 e. The van der Waals surface area contributed by atoms with Crippen LogP contribution in [-0.4, -0.2) is 15.9 Å². The van der Waals surface area contributed by atoms with Gasteiger partial charge in [0.25, 0.3) is 0 Å². The maximum Gasteiger partial charge on any atom is 0.126 e. The van der Waals surface area contributed by atoms with E-state index in [1.54, 1.807) is 24.3 Å². The van der Waals surface area contributed by atoms with E-state index in [0.29, 0.717) is 17.9 Å². The van der Waals surface area contributed by atoms with Gasteiger partial charge in [-0.15, -0.1) is 11.3 Å². The standard InChI is InChI=1S/C11H15F.C11H13N.C10H12N2S.CH4/c1-7(2)10-6-11(12)9(4)5-8(10)3;1-8(2)11-5-4-10(7-12)6-9(11)3;1-7(2)12-5-4-9-10(8(12)3)13-6-11-9;/h5-7H,1-4H3;4-6,8H,1-3H3;4-7H,3H2,1-2H3;1H4. The van der Waals surface area contributed by atoms with Gasteiger partial charge in [-0.1, -0.05) is 53.8 Å². The number of aryl methyl sites for hydroxylation is 3. The number of benzene rings is 2. The van der Waals surface area contributed by atoms with Crippen molar-refractivity contribution < 1.29 is 4.39 Å². The Kier molecular flexibility index (Phi) is 12.6. The van der Waals surface area contributed by atoms with Gasteiger partial charge in [-0.25, -0.2) is 9.37 Å². The summed E-state index contributed by atoms with van der Waals surface area (Å²) in [7, 11) is 0. The van der Waals surface area contributed by atoms with Crippen LogP contribution in [0.3, 0.4) is 0 Å². The third kappa shape index (κ3) is 8.39. The molecule has 0 amide bonds. The highest BCUT2D eigenvalue weighted by Gasteiger charge is 2.19. The van der Waals surface area contributed by atoms with Gasteiger partial charge in [-0.05, 0) is 98.5 Å². The minimum atomic E-state index is -0.0932. The Bertz CT molecular complexity index is 1290. The summed E-state index contributed by atoms with van der Waals surface area (Å²) >= 11 is 1.65. The maximum atomic E-state index is 13.1. The Hall–Kier alpha value is -3.23. The van der Waals surface area contributed by atoms with E-state index in [0.717, 1.165) is 28.1 Å². The summed E-state index contributed by atoms with van der Waals surface area (Å²) in [6.45, 7) is 22.7. The first kappa shape index (κ1) is 32.8. The number of fused-ring (bicyclic) bond motifs is 1. The molecule has 0 atom stereocenters. The Morgan fingerprint density at radius 3 is 2.05 bits per heavy atom. The summed E-state index contributed by atoms with van der Waals surface area (Å²) in [4.78, 5) is 7.60. The predicted octanol–water partition coefficient (Wildman–Crippen LogP) is 10.0. The zero-order chi connectivity index (χ0) is 27.9. The Balaban J connectivity index is 0.000000282. The molecule has 1 aliphatic heterocycles. The van der Waals surface area contributed by atoms with E-state index in [4.69, 9.17) is 5.26 Å². The van der Waals surface area contributed by atoms with E-state index < -0.39 is 0 Å². The van der Waals surface area contributed by atoms with Crippen LogP contribution in [0.25, 0.3) is 11.8 Å². The van der Waals surface area contributed by atoms with Crippen molar-refractivity contribution in [2.75, 3.05) is 0 Å². The second-order valence-corrected chi connectivity index (χ2v) is 11.1. The van der Waals surface area contributed by atoms with Crippen molar-refractivity contribution in [1.29, 1.82) is 5.26 Å². The number of halogens is 1.